The monoisotopic (exact) mass is 236 g/mol. The fraction of sp³-hybridized carbons (Fsp3) is 0.900. The van der Waals surface area contributed by atoms with Crippen LogP contribution in [0.15, 0.2) is 0 Å². The lowest BCUT2D eigenvalue weighted by atomic mass is 10.0. The Morgan fingerprint density at radius 3 is 2.73 bits per heavy atom. The van der Waals surface area contributed by atoms with Gasteiger partial charge in [-0.05, 0) is 32.2 Å². The summed E-state index contributed by atoms with van der Waals surface area (Å²) in [7, 11) is 0. The van der Waals surface area contributed by atoms with E-state index in [4.69, 9.17) is 0 Å². The predicted octanol–water partition coefficient (Wildman–Crippen LogP) is 1.02. The maximum Gasteiger partial charge on any atom is 0.259 e. The summed E-state index contributed by atoms with van der Waals surface area (Å²) in [5.41, 5.74) is -1.66. The first kappa shape index (κ1) is 12.7. The van der Waals surface area contributed by atoms with E-state index in [1.165, 1.54) is 12.8 Å². The standard InChI is InChI=1S/C10H17FN2O.ClH/c1-7(8-2-3-8)13-9(14)10(11)4-5-12-6-10;/h7-8,12H,2-6H2,1H3,(H,13,14);1H. The van der Waals surface area contributed by atoms with Crippen molar-refractivity contribution in [1.82, 2.24) is 10.6 Å². The van der Waals surface area contributed by atoms with Crippen molar-refractivity contribution in [3.05, 3.63) is 0 Å². The van der Waals surface area contributed by atoms with E-state index in [0.717, 1.165) is 0 Å². The summed E-state index contributed by atoms with van der Waals surface area (Å²) in [5, 5.41) is 5.65. The van der Waals surface area contributed by atoms with Crippen LogP contribution in [0.2, 0.25) is 0 Å². The minimum absolute atomic E-state index is 0. The molecule has 2 rings (SSSR count). The van der Waals surface area contributed by atoms with E-state index < -0.39 is 11.6 Å². The number of amides is 1. The number of carbonyl (C=O) groups excluding carboxylic acids is 1. The molecule has 1 amide bonds. The summed E-state index contributed by atoms with van der Waals surface area (Å²) in [6.45, 7) is 2.72. The van der Waals surface area contributed by atoms with Gasteiger partial charge in [0, 0.05) is 19.0 Å². The largest absolute Gasteiger partial charge is 0.351 e. The third-order valence-corrected chi connectivity index (χ3v) is 3.20. The first-order chi connectivity index (χ1) is 6.62. The highest BCUT2D eigenvalue weighted by Gasteiger charge is 2.43. The number of halogens is 2. The lowest BCUT2D eigenvalue weighted by Gasteiger charge is -2.21. The van der Waals surface area contributed by atoms with Gasteiger partial charge in [-0.15, -0.1) is 12.4 Å². The highest BCUT2D eigenvalue weighted by atomic mass is 35.5. The SMILES string of the molecule is CC(NC(=O)C1(F)CCNC1)C1CC1.Cl. The van der Waals surface area contributed by atoms with Gasteiger partial charge in [0.05, 0.1) is 0 Å². The zero-order valence-electron chi connectivity index (χ0n) is 8.88. The molecule has 1 aliphatic heterocycles. The second kappa shape index (κ2) is 4.66. The van der Waals surface area contributed by atoms with Crippen molar-refractivity contribution in [1.29, 1.82) is 0 Å². The quantitative estimate of drug-likeness (QED) is 0.769. The third kappa shape index (κ3) is 2.82. The zero-order chi connectivity index (χ0) is 10.2. The molecule has 0 bridgehead atoms. The molecule has 2 aliphatic rings. The second-order valence-corrected chi connectivity index (χ2v) is 4.49. The molecule has 88 valence electrons. The Kier molecular flexibility index (Phi) is 3.95. The Morgan fingerprint density at radius 1 is 1.60 bits per heavy atom. The normalized spacial score (nSPS) is 31.9. The van der Waals surface area contributed by atoms with Gasteiger partial charge in [-0.3, -0.25) is 4.79 Å². The van der Waals surface area contributed by atoms with E-state index in [0.29, 0.717) is 18.9 Å². The van der Waals surface area contributed by atoms with Crippen LogP contribution in [-0.4, -0.2) is 30.7 Å². The van der Waals surface area contributed by atoms with Crippen molar-refractivity contribution >= 4 is 18.3 Å². The van der Waals surface area contributed by atoms with E-state index in [1.54, 1.807) is 0 Å². The molecule has 0 aromatic rings. The van der Waals surface area contributed by atoms with E-state index in [2.05, 4.69) is 10.6 Å². The van der Waals surface area contributed by atoms with Crippen LogP contribution in [0, 0.1) is 5.92 Å². The fourth-order valence-electron chi connectivity index (χ4n) is 1.91. The van der Waals surface area contributed by atoms with Crippen LogP contribution in [0.3, 0.4) is 0 Å². The average molecular weight is 237 g/mol. The van der Waals surface area contributed by atoms with Crippen LogP contribution in [0.1, 0.15) is 26.2 Å². The number of hydrogen-bond donors (Lipinski definition) is 2. The van der Waals surface area contributed by atoms with Gasteiger partial charge in [-0.25, -0.2) is 4.39 Å². The van der Waals surface area contributed by atoms with E-state index in [9.17, 15) is 9.18 Å². The Hall–Kier alpha value is -0.350. The van der Waals surface area contributed by atoms with E-state index >= 15 is 0 Å². The minimum atomic E-state index is -1.66. The molecule has 5 heteroatoms. The maximum absolute atomic E-state index is 13.9. The molecule has 1 saturated carbocycles. The summed E-state index contributed by atoms with van der Waals surface area (Å²) < 4.78 is 13.9. The summed E-state index contributed by atoms with van der Waals surface area (Å²) in [6, 6.07) is 0.135. The van der Waals surface area contributed by atoms with E-state index in [1.807, 2.05) is 6.92 Å². The molecule has 1 saturated heterocycles. The smallest absolute Gasteiger partial charge is 0.259 e. The van der Waals surface area contributed by atoms with Gasteiger partial charge in [0.2, 0.25) is 5.67 Å². The lowest BCUT2D eigenvalue weighted by Crippen LogP contribution is -2.48. The van der Waals surface area contributed by atoms with Gasteiger partial charge in [0.1, 0.15) is 0 Å². The molecule has 0 aromatic heterocycles. The summed E-state index contributed by atoms with van der Waals surface area (Å²) in [4.78, 5) is 11.6. The van der Waals surface area contributed by atoms with Crippen LogP contribution in [0.5, 0.6) is 0 Å². The van der Waals surface area contributed by atoms with Crippen LogP contribution >= 0.6 is 12.4 Å². The Balaban J connectivity index is 0.00000112. The Bertz CT molecular complexity index is 240. The van der Waals surface area contributed by atoms with Gasteiger partial charge >= 0.3 is 0 Å². The minimum Gasteiger partial charge on any atom is -0.351 e. The number of rotatable bonds is 3. The molecule has 0 radical (unpaired) electrons. The predicted molar refractivity (Wildman–Crippen MR) is 58.9 cm³/mol. The molecule has 1 heterocycles. The van der Waals surface area contributed by atoms with Gasteiger partial charge in [0.15, 0.2) is 0 Å². The molecule has 2 fully saturated rings. The first-order valence-corrected chi connectivity index (χ1v) is 5.32. The van der Waals surface area contributed by atoms with Gasteiger partial charge in [-0.1, -0.05) is 0 Å². The van der Waals surface area contributed by atoms with Crippen molar-refractivity contribution in [2.45, 2.75) is 37.9 Å². The molecule has 0 spiro atoms. The van der Waals surface area contributed by atoms with Crippen LogP contribution < -0.4 is 10.6 Å². The summed E-state index contributed by atoms with van der Waals surface area (Å²) >= 11 is 0. The van der Waals surface area contributed by atoms with Crippen molar-refractivity contribution in [3.63, 3.8) is 0 Å². The summed E-state index contributed by atoms with van der Waals surface area (Å²) in [5.74, 6) is 0.152. The fourth-order valence-corrected chi connectivity index (χ4v) is 1.91. The summed E-state index contributed by atoms with van der Waals surface area (Å²) in [6.07, 6.45) is 2.63. The number of carbonyl (C=O) groups is 1. The number of nitrogens with one attached hydrogen (secondary N) is 2. The lowest BCUT2D eigenvalue weighted by molar-refractivity contribution is -0.132. The molecule has 2 unspecified atom stereocenters. The molecule has 2 N–H and O–H groups in total. The Morgan fingerprint density at radius 2 is 2.27 bits per heavy atom. The molecule has 3 nitrogen and oxygen atoms in total. The zero-order valence-corrected chi connectivity index (χ0v) is 9.70. The van der Waals surface area contributed by atoms with E-state index in [-0.39, 0.29) is 25.0 Å². The Labute approximate surface area is 95.6 Å². The van der Waals surface area contributed by atoms with Crippen molar-refractivity contribution in [3.8, 4) is 0 Å². The van der Waals surface area contributed by atoms with Gasteiger partial charge < -0.3 is 10.6 Å². The average Bonchev–Trinajstić information content (AvgIpc) is 2.90. The van der Waals surface area contributed by atoms with Crippen LogP contribution in [-0.2, 0) is 4.79 Å². The maximum atomic E-state index is 13.9. The highest BCUT2D eigenvalue weighted by molar-refractivity contribution is 5.86. The molecule has 15 heavy (non-hydrogen) atoms. The molecular formula is C10H18ClFN2O. The van der Waals surface area contributed by atoms with Crippen molar-refractivity contribution < 1.29 is 9.18 Å². The topological polar surface area (TPSA) is 41.1 Å². The number of hydrogen-bond acceptors (Lipinski definition) is 2. The molecule has 2 atom stereocenters. The third-order valence-electron chi connectivity index (χ3n) is 3.20. The van der Waals surface area contributed by atoms with Crippen LogP contribution in [0.25, 0.3) is 0 Å². The molecule has 1 aliphatic carbocycles. The molecule has 0 aromatic carbocycles. The van der Waals surface area contributed by atoms with Gasteiger partial charge in [0.25, 0.3) is 5.91 Å². The first-order valence-electron chi connectivity index (χ1n) is 5.32. The highest BCUT2D eigenvalue weighted by Crippen LogP contribution is 2.32. The van der Waals surface area contributed by atoms with Gasteiger partial charge in [-0.2, -0.15) is 0 Å². The molecular weight excluding hydrogens is 219 g/mol. The van der Waals surface area contributed by atoms with Crippen LogP contribution in [0.4, 0.5) is 4.39 Å². The second-order valence-electron chi connectivity index (χ2n) is 4.49. The number of alkyl halides is 1. The van der Waals surface area contributed by atoms with Crippen molar-refractivity contribution in [2.24, 2.45) is 5.92 Å². The van der Waals surface area contributed by atoms with Crippen molar-refractivity contribution in [2.75, 3.05) is 13.1 Å².